The number of hydrogen-bond donors (Lipinski definition) is 3. The Bertz CT molecular complexity index is 2160. The van der Waals surface area contributed by atoms with E-state index in [0.717, 1.165) is 31.0 Å². The van der Waals surface area contributed by atoms with Gasteiger partial charge >= 0.3 is 11.7 Å². The molecule has 1 saturated heterocycles. The smallest absolute Gasteiger partial charge is 0.343 e. The lowest BCUT2D eigenvalue weighted by Crippen LogP contribution is -2.47. The minimum absolute atomic E-state index is 0.0334. The molecule has 1 aliphatic heterocycles. The highest BCUT2D eigenvalue weighted by molar-refractivity contribution is 5.95. The number of aromatic amines is 1. The number of ether oxygens (including phenoxy) is 3. The number of pyridine rings is 1. The van der Waals surface area contributed by atoms with E-state index in [2.05, 4.69) is 22.1 Å². The highest BCUT2D eigenvalue weighted by Crippen LogP contribution is 2.40. The van der Waals surface area contributed by atoms with Gasteiger partial charge in [-0.1, -0.05) is 13.0 Å². The topological polar surface area (TPSA) is 160 Å². The number of carbonyl (C=O) groups is 1. The molecule has 4 aromatic rings. The molecule has 2 fully saturated rings. The first-order chi connectivity index (χ1) is 27.1. The van der Waals surface area contributed by atoms with Gasteiger partial charge in [-0.05, 0) is 74.9 Å². The zero-order valence-electron chi connectivity index (χ0n) is 31.9. The van der Waals surface area contributed by atoms with Crippen LogP contribution in [0.1, 0.15) is 60.1 Å². The fraction of sp³-hybridized carbons (Fsp3) is 0.500. The van der Waals surface area contributed by atoms with Crippen molar-refractivity contribution in [3.63, 3.8) is 0 Å². The second-order valence-electron chi connectivity index (χ2n) is 14.1. The van der Waals surface area contributed by atoms with Gasteiger partial charge in [-0.2, -0.15) is 0 Å². The van der Waals surface area contributed by atoms with Gasteiger partial charge in [0.15, 0.2) is 5.82 Å². The molecule has 2 aromatic carbocycles. The zero-order chi connectivity index (χ0) is 39.8. The molecule has 3 N–H and O–H groups in total. The van der Waals surface area contributed by atoms with Crippen molar-refractivity contribution in [3.8, 4) is 0 Å². The van der Waals surface area contributed by atoms with Gasteiger partial charge < -0.3 is 34.1 Å². The molecule has 1 aliphatic carbocycles. The molecule has 0 radical (unpaired) electrons. The molecular formula is C40H50F2N6O8. The quantitative estimate of drug-likeness (QED) is 0.0937. The number of halogens is 2. The summed E-state index contributed by atoms with van der Waals surface area (Å²) >= 11 is 0. The van der Waals surface area contributed by atoms with Gasteiger partial charge in [0, 0.05) is 56.7 Å². The molecule has 1 saturated carbocycles. The first kappa shape index (κ1) is 40.8. The third-order valence-electron chi connectivity index (χ3n) is 10.2. The van der Waals surface area contributed by atoms with Gasteiger partial charge in [0.25, 0.3) is 5.56 Å². The van der Waals surface area contributed by atoms with Crippen LogP contribution in [0.15, 0.2) is 50.9 Å². The van der Waals surface area contributed by atoms with Gasteiger partial charge in [0.1, 0.15) is 29.5 Å². The highest BCUT2D eigenvalue weighted by atomic mass is 19.1. The molecule has 56 heavy (non-hydrogen) atoms. The number of H-pyrrole nitrogens is 1. The van der Waals surface area contributed by atoms with E-state index >= 15 is 8.78 Å². The largest absolute Gasteiger partial charge is 0.459 e. The Balaban J connectivity index is 1.03. The summed E-state index contributed by atoms with van der Waals surface area (Å²) in [6.45, 7) is 7.33. The predicted octanol–water partition coefficient (Wildman–Crippen LogP) is 3.86. The maximum absolute atomic E-state index is 16.4. The van der Waals surface area contributed by atoms with E-state index in [1.54, 1.807) is 9.47 Å². The molecule has 16 heteroatoms. The van der Waals surface area contributed by atoms with Gasteiger partial charge in [0.2, 0.25) is 5.43 Å². The van der Waals surface area contributed by atoms with E-state index in [4.69, 9.17) is 19.3 Å². The van der Waals surface area contributed by atoms with Crippen LogP contribution in [0.25, 0.3) is 10.9 Å². The van der Waals surface area contributed by atoms with Crippen LogP contribution in [0.4, 0.5) is 26.0 Å². The number of aliphatic hydroxyl groups is 1. The Labute approximate surface area is 322 Å². The minimum Gasteiger partial charge on any atom is -0.459 e. The number of piperazine rings is 1. The molecule has 0 atom stereocenters. The summed E-state index contributed by atoms with van der Waals surface area (Å²) in [7, 11) is 0. The van der Waals surface area contributed by atoms with Crippen LogP contribution in [0, 0.1) is 18.6 Å². The second kappa shape index (κ2) is 18.8. The van der Waals surface area contributed by atoms with Crippen molar-refractivity contribution in [2.45, 2.75) is 58.5 Å². The molecule has 6 rings (SSSR count). The SMILES string of the molecule is CCc1cc(Nc2cc(=O)n(CCCCN3CCN(c4c(F)cc5c(=O)c(C(=O)OCCOCCOCCO)cn(C6CC6)c5c4F)CC3)c(=O)[nH]2)ccc1C. The Morgan fingerprint density at radius 3 is 2.36 bits per heavy atom. The summed E-state index contributed by atoms with van der Waals surface area (Å²) in [4.78, 5) is 58.5. The van der Waals surface area contributed by atoms with Crippen LogP contribution < -0.4 is 26.9 Å². The average Bonchev–Trinajstić information content (AvgIpc) is 4.03. The van der Waals surface area contributed by atoms with Crippen molar-refractivity contribution in [1.29, 1.82) is 0 Å². The highest BCUT2D eigenvalue weighted by Gasteiger charge is 2.32. The molecule has 14 nitrogen and oxygen atoms in total. The number of nitrogens with zero attached hydrogens (tertiary/aromatic N) is 4. The fourth-order valence-electron chi connectivity index (χ4n) is 7.05. The lowest BCUT2D eigenvalue weighted by atomic mass is 10.1. The fourth-order valence-corrected chi connectivity index (χ4v) is 7.05. The maximum Gasteiger partial charge on any atom is 0.343 e. The first-order valence-electron chi connectivity index (χ1n) is 19.3. The van der Waals surface area contributed by atoms with Crippen LogP contribution in [-0.4, -0.2) is 102 Å². The third-order valence-corrected chi connectivity index (χ3v) is 10.2. The van der Waals surface area contributed by atoms with Crippen LogP contribution in [0.3, 0.4) is 0 Å². The third kappa shape index (κ3) is 9.72. The summed E-state index contributed by atoms with van der Waals surface area (Å²) < 4.78 is 50.5. The molecule has 2 aromatic heterocycles. The number of unbranched alkanes of at least 4 members (excludes halogenated alkanes) is 1. The monoisotopic (exact) mass is 780 g/mol. The molecular weight excluding hydrogens is 730 g/mol. The number of aliphatic hydroxyl groups excluding tert-OH is 1. The van der Waals surface area contributed by atoms with Crippen molar-refractivity contribution in [3.05, 3.63) is 95.9 Å². The van der Waals surface area contributed by atoms with Gasteiger partial charge in [-0.3, -0.25) is 24.0 Å². The Hall–Kier alpha value is -4.90. The zero-order valence-corrected chi connectivity index (χ0v) is 31.9. The number of hydrogen-bond acceptors (Lipinski definition) is 11. The molecule has 0 amide bonds. The Kier molecular flexibility index (Phi) is 13.7. The van der Waals surface area contributed by atoms with Gasteiger partial charge in [-0.25, -0.2) is 18.4 Å². The van der Waals surface area contributed by atoms with Crippen molar-refractivity contribution < 1.29 is 32.9 Å². The van der Waals surface area contributed by atoms with E-state index in [9.17, 15) is 19.2 Å². The van der Waals surface area contributed by atoms with Crippen LogP contribution in [0.5, 0.6) is 0 Å². The number of anilines is 3. The minimum atomic E-state index is -0.902. The van der Waals surface area contributed by atoms with Gasteiger partial charge in [0.05, 0.1) is 43.9 Å². The molecule has 0 unspecified atom stereocenters. The maximum atomic E-state index is 16.4. The summed E-state index contributed by atoms with van der Waals surface area (Å²) in [5.74, 6) is -2.29. The predicted molar refractivity (Wildman–Crippen MR) is 208 cm³/mol. The Morgan fingerprint density at radius 2 is 1.66 bits per heavy atom. The molecule has 0 spiro atoms. The summed E-state index contributed by atoms with van der Waals surface area (Å²) in [5.41, 5.74) is 0.912. The number of carbonyl (C=O) groups excluding carboxylic acids is 1. The summed E-state index contributed by atoms with van der Waals surface area (Å²) in [6, 6.07) is 8.16. The Morgan fingerprint density at radius 1 is 0.946 bits per heavy atom. The number of nitrogens with one attached hydrogen (secondary N) is 2. The summed E-state index contributed by atoms with van der Waals surface area (Å²) in [5, 5.41) is 11.6. The standard InChI is InChI=1S/C40H50F2N6O8/c1-3-27-22-28(7-6-26(27)2)43-33-24-34(50)47(40(53)44-33)11-5-4-10-45-12-14-46(15-13-45)37-32(41)23-30-36(35(37)42)48(29-8-9-29)25-31(38(30)51)39(52)56-21-20-55-19-18-54-17-16-49/h6-7,22-25,29,43,49H,3-5,8-21H2,1-2H3,(H,44,53). The summed E-state index contributed by atoms with van der Waals surface area (Å²) in [6.07, 6.45) is 4.93. The van der Waals surface area contributed by atoms with Gasteiger partial charge in [-0.15, -0.1) is 0 Å². The number of rotatable bonds is 19. The normalized spacial score (nSPS) is 14.8. The number of aromatic nitrogens is 3. The van der Waals surface area contributed by atoms with Crippen LogP contribution in [0.2, 0.25) is 0 Å². The van der Waals surface area contributed by atoms with E-state index in [-0.39, 0.29) is 74.4 Å². The molecule has 3 heterocycles. The van der Waals surface area contributed by atoms with E-state index in [1.807, 2.05) is 25.1 Å². The average molecular weight is 781 g/mol. The van der Waals surface area contributed by atoms with Crippen LogP contribution >= 0.6 is 0 Å². The molecule has 0 bridgehead atoms. The lowest BCUT2D eigenvalue weighted by Gasteiger charge is -2.36. The van der Waals surface area contributed by atoms with E-state index in [0.29, 0.717) is 51.4 Å². The first-order valence-corrected chi connectivity index (χ1v) is 19.3. The van der Waals surface area contributed by atoms with E-state index in [1.165, 1.54) is 28.0 Å². The molecule has 2 aliphatic rings. The number of fused-ring (bicyclic) bond motifs is 1. The van der Waals surface area contributed by atoms with Crippen molar-refractivity contribution in [1.82, 2.24) is 19.0 Å². The molecule has 302 valence electrons. The van der Waals surface area contributed by atoms with Crippen molar-refractivity contribution >= 4 is 34.1 Å². The van der Waals surface area contributed by atoms with Crippen molar-refractivity contribution in [2.24, 2.45) is 0 Å². The van der Waals surface area contributed by atoms with Crippen LogP contribution in [-0.2, 0) is 27.2 Å². The number of esters is 1. The van der Waals surface area contributed by atoms with E-state index < -0.39 is 34.3 Å². The number of benzene rings is 2. The number of aryl methyl sites for hydroxylation is 2. The lowest BCUT2D eigenvalue weighted by molar-refractivity contribution is 0.00911. The van der Waals surface area contributed by atoms with Crippen molar-refractivity contribution in [2.75, 3.05) is 82.6 Å². The second-order valence-corrected chi connectivity index (χ2v) is 14.1.